The Hall–Kier alpha value is 0.120. The van der Waals surface area contributed by atoms with E-state index in [1.165, 1.54) is 0 Å². The molecule has 0 aromatic heterocycles. The Bertz CT molecular complexity index is 285. The third-order valence-electron chi connectivity index (χ3n) is 3.14. The van der Waals surface area contributed by atoms with Crippen LogP contribution in [0.1, 0.15) is 27.7 Å². The average molecular weight is 276 g/mol. The Balaban J connectivity index is 0.000000357. The lowest BCUT2D eigenvalue weighted by atomic mass is 9.49. The molecule has 0 bridgehead atoms. The molecule has 104 valence electrons. The van der Waals surface area contributed by atoms with Crippen LogP contribution in [0, 0.1) is 0 Å². The first-order valence-corrected chi connectivity index (χ1v) is 7.96. The van der Waals surface area contributed by atoms with E-state index in [-0.39, 0.29) is 18.2 Å². The lowest BCUT2D eigenvalue weighted by Gasteiger charge is -2.32. The van der Waals surface area contributed by atoms with Gasteiger partial charge in [0.25, 0.3) is 0 Å². The first-order chi connectivity index (χ1) is 8.16. The fraction of sp³-hybridized carbons (Fsp3) is 1.00. The van der Waals surface area contributed by atoms with Crippen molar-refractivity contribution in [3.05, 3.63) is 0 Å². The Morgan fingerprint density at radius 2 is 1.22 bits per heavy atom. The summed E-state index contributed by atoms with van der Waals surface area (Å²) in [7, 11) is -1.38. The largest absolute Gasteiger partial charge is 0.488 e. The minimum absolute atomic E-state index is 0.313. The molecule has 5 nitrogen and oxygen atoms in total. The van der Waals surface area contributed by atoms with Crippen molar-refractivity contribution in [3.8, 4) is 0 Å². The molecular formula is C10H22B2O5S. The second-order valence-corrected chi connectivity index (χ2v) is 6.96. The van der Waals surface area contributed by atoms with Crippen molar-refractivity contribution in [3.63, 3.8) is 0 Å². The molecule has 0 saturated carbocycles. The topological polar surface area (TPSA) is 54.0 Å². The summed E-state index contributed by atoms with van der Waals surface area (Å²) < 4.78 is 31.8. The van der Waals surface area contributed by atoms with Crippen LogP contribution in [-0.4, -0.2) is 55.2 Å². The zero-order valence-corrected chi connectivity index (χ0v) is 12.8. The minimum Gasteiger partial charge on any atom is -0.411 e. The maximum atomic E-state index is 9.56. The number of hydrogen-bond donors (Lipinski definition) is 0. The van der Waals surface area contributed by atoms with E-state index in [0.29, 0.717) is 13.2 Å². The normalized spacial score (nSPS) is 25.3. The van der Waals surface area contributed by atoms with Crippen molar-refractivity contribution in [1.29, 1.82) is 0 Å². The quantitative estimate of drug-likeness (QED) is 0.659. The summed E-state index contributed by atoms with van der Waals surface area (Å²) in [6.45, 7) is 9.30. The van der Waals surface area contributed by atoms with E-state index in [1.54, 1.807) is 12.5 Å². The van der Waals surface area contributed by atoms with Crippen molar-refractivity contribution in [2.75, 3.05) is 25.7 Å². The van der Waals surface area contributed by atoms with Crippen LogP contribution in [0.25, 0.3) is 0 Å². The van der Waals surface area contributed by atoms with Gasteiger partial charge in [0.2, 0.25) is 0 Å². The summed E-state index contributed by atoms with van der Waals surface area (Å²) >= 11 is 0. The molecule has 0 N–H and O–H groups in total. The standard InChI is InChI=1S/C8H16B2O4.C2H6OS/c1-7(2)8(3,4)14-10(13-7)9-11-5-6-12-9;1-4(2)3/h5-6H2,1-4H3;1-2H3. The molecule has 2 heterocycles. The van der Waals surface area contributed by atoms with Crippen molar-refractivity contribution in [2.24, 2.45) is 0 Å². The Labute approximate surface area is 113 Å². The SMILES string of the molecule is CC1(C)OB(B2OCCO2)OC1(C)C.CS(C)=O. The van der Waals surface area contributed by atoms with Crippen LogP contribution in [0.4, 0.5) is 0 Å². The maximum absolute atomic E-state index is 9.56. The van der Waals surface area contributed by atoms with Gasteiger partial charge in [0, 0.05) is 23.3 Å². The molecule has 0 atom stereocenters. The highest BCUT2D eigenvalue weighted by molar-refractivity contribution is 7.83. The van der Waals surface area contributed by atoms with E-state index in [1.807, 2.05) is 27.7 Å². The molecular weight excluding hydrogens is 254 g/mol. The van der Waals surface area contributed by atoms with Crippen LogP contribution < -0.4 is 0 Å². The molecule has 0 aliphatic carbocycles. The molecule has 2 aliphatic heterocycles. The van der Waals surface area contributed by atoms with E-state index in [4.69, 9.17) is 18.6 Å². The predicted molar refractivity (Wildman–Crippen MR) is 73.7 cm³/mol. The first kappa shape index (κ1) is 16.2. The first-order valence-electron chi connectivity index (χ1n) is 5.99. The van der Waals surface area contributed by atoms with E-state index < -0.39 is 17.8 Å². The van der Waals surface area contributed by atoms with Gasteiger partial charge >= 0.3 is 14.0 Å². The van der Waals surface area contributed by atoms with Gasteiger partial charge in [0.05, 0.1) is 24.4 Å². The lowest BCUT2D eigenvalue weighted by Crippen LogP contribution is -2.41. The highest BCUT2D eigenvalue weighted by Gasteiger charge is 2.58. The molecule has 0 aromatic carbocycles. The fourth-order valence-corrected chi connectivity index (χ4v) is 1.53. The summed E-state index contributed by atoms with van der Waals surface area (Å²) in [6, 6.07) is 0. The second kappa shape index (κ2) is 6.05. The predicted octanol–water partition coefficient (Wildman–Crippen LogP) is 0.687. The molecule has 2 rings (SSSR count). The van der Waals surface area contributed by atoms with E-state index >= 15 is 0 Å². The van der Waals surface area contributed by atoms with Crippen molar-refractivity contribution in [1.82, 2.24) is 0 Å². The molecule has 2 saturated heterocycles. The van der Waals surface area contributed by atoms with Crippen molar-refractivity contribution >= 4 is 24.8 Å². The van der Waals surface area contributed by atoms with Crippen LogP contribution in [0.15, 0.2) is 0 Å². The molecule has 2 fully saturated rings. The summed E-state index contributed by atoms with van der Waals surface area (Å²) in [5.41, 5.74) is -0.625. The van der Waals surface area contributed by atoms with Crippen molar-refractivity contribution in [2.45, 2.75) is 38.9 Å². The van der Waals surface area contributed by atoms with Crippen molar-refractivity contribution < 1.29 is 22.8 Å². The van der Waals surface area contributed by atoms with Crippen LogP contribution in [0.3, 0.4) is 0 Å². The van der Waals surface area contributed by atoms with E-state index in [9.17, 15) is 4.21 Å². The van der Waals surface area contributed by atoms with Gasteiger partial charge in [-0.15, -0.1) is 0 Å². The zero-order chi connectivity index (χ0) is 14.0. The molecule has 0 spiro atoms. The van der Waals surface area contributed by atoms with Gasteiger partial charge in [0.15, 0.2) is 0 Å². The van der Waals surface area contributed by atoms with E-state index in [0.717, 1.165) is 0 Å². The Kier molecular flexibility index (Phi) is 5.44. The van der Waals surface area contributed by atoms with Crippen LogP contribution in [-0.2, 0) is 29.4 Å². The fourth-order valence-electron chi connectivity index (χ4n) is 1.53. The van der Waals surface area contributed by atoms with E-state index in [2.05, 4.69) is 0 Å². The molecule has 0 aromatic rings. The smallest absolute Gasteiger partial charge is 0.411 e. The molecule has 8 heteroatoms. The van der Waals surface area contributed by atoms with Gasteiger partial charge < -0.3 is 18.6 Å². The molecule has 0 unspecified atom stereocenters. The third kappa shape index (κ3) is 4.06. The highest BCUT2D eigenvalue weighted by Crippen LogP contribution is 2.37. The summed E-state index contributed by atoms with van der Waals surface area (Å²) in [4.78, 5) is 0. The maximum Gasteiger partial charge on any atom is 0.488 e. The van der Waals surface area contributed by atoms with Gasteiger partial charge in [0.1, 0.15) is 0 Å². The Morgan fingerprint density at radius 1 is 0.889 bits per heavy atom. The summed E-state index contributed by atoms with van der Waals surface area (Å²) in [5, 5.41) is 0. The lowest BCUT2D eigenvalue weighted by molar-refractivity contribution is 0.00578. The number of hydrogen-bond acceptors (Lipinski definition) is 5. The summed E-state index contributed by atoms with van der Waals surface area (Å²) in [6.07, 6.45) is 3.28. The summed E-state index contributed by atoms with van der Waals surface area (Å²) in [5.74, 6) is 0. The third-order valence-corrected chi connectivity index (χ3v) is 3.14. The molecule has 2 aliphatic rings. The van der Waals surface area contributed by atoms with Crippen LogP contribution >= 0.6 is 0 Å². The molecule has 0 amide bonds. The highest BCUT2D eigenvalue weighted by atomic mass is 32.2. The average Bonchev–Trinajstić information content (AvgIpc) is 2.72. The molecule has 0 radical (unpaired) electrons. The second-order valence-electron chi connectivity index (χ2n) is 5.48. The van der Waals surface area contributed by atoms with Gasteiger partial charge in [-0.3, -0.25) is 4.21 Å². The minimum atomic E-state index is -0.611. The van der Waals surface area contributed by atoms with Gasteiger partial charge in [-0.05, 0) is 27.7 Å². The molecule has 18 heavy (non-hydrogen) atoms. The zero-order valence-electron chi connectivity index (χ0n) is 12.0. The van der Waals surface area contributed by atoms with Crippen LogP contribution in [0.5, 0.6) is 0 Å². The van der Waals surface area contributed by atoms with Crippen LogP contribution in [0.2, 0.25) is 0 Å². The monoisotopic (exact) mass is 276 g/mol. The Morgan fingerprint density at radius 3 is 1.56 bits per heavy atom. The number of rotatable bonds is 1. The van der Waals surface area contributed by atoms with Gasteiger partial charge in [-0.25, -0.2) is 0 Å². The van der Waals surface area contributed by atoms with Gasteiger partial charge in [-0.1, -0.05) is 0 Å². The van der Waals surface area contributed by atoms with Gasteiger partial charge in [-0.2, -0.15) is 0 Å².